The Labute approximate surface area is 465 Å². The minimum atomic E-state index is -0.857. The maximum atomic E-state index is 12.8. The topological polar surface area (TPSA) is 78.9 Å². The van der Waals surface area contributed by atoms with E-state index in [-0.39, 0.29) is 38.0 Å². The van der Waals surface area contributed by atoms with Gasteiger partial charge in [-0.1, -0.05) is 241 Å². The molecule has 0 bridgehead atoms. The Morgan fingerprint density at radius 2 is 0.553 bits per heavy atom. The van der Waals surface area contributed by atoms with Gasteiger partial charge >= 0.3 is 17.9 Å². The van der Waals surface area contributed by atoms with Gasteiger partial charge in [-0.25, -0.2) is 0 Å². The highest BCUT2D eigenvalue weighted by Gasteiger charge is 2.19. The first-order valence-corrected chi connectivity index (χ1v) is 29.4. The summed E-state index contributed by atoms with van der Waals surface area (Å²) >= 11 is 0. The van der Waals surface area contributed by atoms with E-state index in [1.54, 1.807) is 0 Å². The SMILES string of the molecule is CC/C=C\C/C=C\C/C=C\C/C=C\C/C=C\C/C=C\C/C=C\C/C=C\C/C=C\CCCC(=O)OCC(COC(=O)CCCCCCC/C=C\CCC)OC(=O)CC/C=C\C/C=C\C/C=C\C/C=C\C/C=C\C/C=C\CC. The first-order chi connectivity index (χ1) is 37.5. The monoisotopic (exact) mass is 1040 g/mol. The lowest BCUT2D eigenvalue weighted by atomic mass is 10.1. The van der Waals surface area contributed by atoms with E-state index in [0.29, 0.717) is 19.3 Å². The Balaban J connectivity index is 4.53. The van der Waals surface area contributed by atoms with Gasteiger partial charge in [0.15, 0.2) is 6.10 Å². The quantitative estimate of drug-likeness (QED) is 0.0261. The minimum absolute atomic E-state index is 0.141. The molecule has 420 valence electrons. The van der Waals surface area contributed by atoms with Crippen LogP contribution in [0.2, 0.25) is 0 Å². The summed E-state index contributed by atoms with van der Waals surface area (Å²) in [7, 11) is 0. The molecule has 0 aliphatic carbocycles. The molecule has 1 unspecified atom stereocenters. The van der Waals surface area contributed by atoms with Gasteiger partial charge in [0.05, 0.1) is 0 Å². The molecule has 0 fully saturated rings. The average molecular weight is 1040 g/mol. The van der Waals surface area contributed by atoms with Crippen LogP contribution in [-0.4, -0.2) is 37.2 Å². The number of allylic oxidation sites excluding steroid dienone is 32. The predicted molar refractivity (Wildman–Crippen MR) is 329 cm³/mol. The van der Waals surface area contributed by atoms with Crippen LogP contribution in [-0.2, 0) is 28.6 Å². The second-order valence-corrected chi connectivity index (χ2v) is 18.4. The van der Waals surface area contributed by atoms with E-state index in [9.17, 15) is 14.4 Å². The highest BCUT2D eigenvalue weighted by atomic mass is 16.6. The summed E-state index contributed by atoms with van der Waals surface area (Å²) in [4.78, 5) is 38.0. The normalized spacial score (nSPS) is 13.6. The van der Waals surface area contributed by atoms with Gasteiger partial charge in [-0.2, -0.15) is 0 Å². The molecule has 0 saturated carbocycles. The van der Waals surface area contributed by atoms with Gasteiger partial charge in [0, 0.05) is 19.3 Å². The number of rotatable bonds is 50. The molecule has 0 aromatic rings. The fourth-order valence-corrected chi connectivity index (χ4v) is 7.00. The van der Waals surface area contributed by atoms with Gasteiger partial charge in [-0.3, -0.25) is 14.4 Å². The molecule has 6 nitrogen and oxygen atoms in total. The zero-order valence-electron chi connectivity index (χ0n) is 47.9. The van der Waals surface area contributed by atoms with Crippen LogP contribution < -0.4 is 0 Å². The van der Waals surface area contributed by atoms with Gasteiger partial charge in [0.25, 0.3) is 0 Å². The maximum Gasteiger partial charge on any atom is 0.306 e. The molecule has 0 heterocycles. The number of esters is 3. The number of unbranched alkanes of at least 4 members (excludes halogenated alkanes) is 7. The van der Waals surface area contributed by atoms with Gasteiger partial charge < -0.3 is 14.2 Å². The molecule has 0 rings (SSSR count). The van der Waals surface area contributed by atoms with Crippen molar-refractivity contribution in [1.29, 1.82) is 0 Å². The molecule has 6 heteroatoms. The van der Waals surface area contributed by atoms with Crippen molar-refractivity contribution in [2.45, 2.75) is 213 Å². The van der Waals surface area contributed by atoms with Crippen LogP contribution >= 0.6 is 0 Å². The highest BCUT2D eigenvalue weighted by Crippen LogP contribution is 2.11. The lowest BCUT2D eigenvalue weighted by Crippen LogP contribution is -2.30. The summed E-state index contributed by atoms with van der Waals surface area (Å²) in [6.45, 7) is 6.20. The number of hydrogen-bond acceptors (Lipinski definition) is 6. The smallest absolute Gasteiger partial charge is 0.306 e. The standard InChI is InChI=1S/C70H104O6/c1-4-7-10-13-16-19-22-24-26-28-30-31-32-33-34-35-36-37-38-39-41-42-44-46-48-51-54-57-60-63-69(72)75-66-67(65-74-68(71)62-59-56-53-50-21-18-15-12-9-6-3)76-70(73)64-61-58-55-52-49-47-45-43-40-29-27-25-23-20-17-14-11-8-5-2/h7-8,10-12,15-17,19-20,24-27,30-31,33-34,36-37,39-41,43-44,46-47,49,51,54-55,58,67H,4-6,9,13-14,18,21-23,28-29,32,35,38,42,45,48,50,52-53,56-57,59-66H2,1-3H3/b10-7-,11-8-,15-12-,19-16-,20-17-,26-24-,27-25-,31-30-,34-33-,37-36-,41-39-,43-40-,46-44-,49-47-,54-51-,58-55-. The zero-order chi connectivity index (χ0) is 55.0. The third-order valence-corrected chi connectivity index (χ3v) is 11.3. The largest absolute Gasteiger partial charge is 0.462 e. The van der Waals surface area contributed by atoms with Crippen LogP contribution in [0.25, 0.3) is 0 Å². The second kappa shape index (κ2) is 61.8. The van der Waals surface area contributed by atoms with Crippen LogP contribution in [0.5, 0.6) is 0 Å². The molecule has 0 aromatic heterocycles. The van der Waals surface area contributed by atoms with E-state index in [1.807, 2.05) is 12.2 Å². The third kappa shape index (κ3) is 59.1. The molecular weight excluding hydrogens is 937 g/mol. The number of hydrogen-bond donors (Lipinski definition) is 0. The summed E-state index contributed by atoms with van der Waals surface area (Å²) in [6, 6.07) is 0. The van der Waals surface area contributed by atoms with E-state index < -0.39 is 12.1 Å². The maximum absolute atomic E-state index is 12.8. The lowest BCUT2D eigenvalue weighted by molar-refractivity contribution is -0.166. The molecule has 0 saturated heterocycles. The van der Waals surface area contributed by atoms with Gasteiger partial charge in [0.2, 0.25) is 0 Å². The molecule has 76 heavy (non-hydrogen) atoms. The van der Waals surface area contributed by atoms with Crippen LogP contribution in [0, 0.1) is 0 Å². The Kier molecular flexibility index (Phi) is 57.1. The molecule has 0 aromatic carbocycles. The van der Waals surface area contributed by atoms with Gasteiger partial charge in [-0.15, -0.1) is 0 Å². The highest BCUT2D eigenvalue weighted by molar-refractivity contribution is 5.71. The van der Waals surface area contributed by atoms with Gasteiger partial charge in [0.1, 0.15) is 13.2 Å². The number of ether oxygens (including phenoxy) is 3. The van der Waals surface area contributed by atoms with Crippen molar-refractivity contribution in [2.24, 2.45) is 0 Å². The average Bonchev–Trinajstić information content (AvgIpc) is 3.42. The van der Waals surface area contributed by atoms with Crippen molar-refractivity contribution < 1.29 is 28.6 Å². The van der Waals surface area contributed by atoms with Crippen molar-refractivity contribution >= 4 is 17.9 Å². The Morgan fingerprint density at radius 1 is 0.276 bits per heavy atom. The van der Waals surface area contributed by atoms with Crippen LogP contribution in [0.4, 0.5) is 0 Å². The third-order valence-electron chi connectivity index (χ3n) is 11.3. The van der Waals surface area contributed by atoms with Crippen LogP contribution in [0.15, 0.2) is 194 Å². The molecule has 0 amide bonds. The number of carbonyl (C=O) groups is 3. The van der Waals surface area contributed by atoms with Gasteiger partial charge in [-0.05, 0) is 141 Å². The van der Waals surface area contributed by atoms with E-state index in [0.717, 1.165) is 148 Å². The van der Waals surface area contributed by atoms with E-state index in [1.165, 1.54) is 6.42 Å². The Bertz CT molecular complexity index is 1870. The fourth-order valence-electron chi connectivity index (χ4n) is 7.00. The van der Waals surface area contributed by atoms with Crippen molar-refractivity contribution in [2.75, 3.05) is 13.2 Å². The molecule has 0 aliphatic rings. The molecule has 0 N–H and O–H groups in total. The summed E-state index contributed by atoms with van der Waals surface area (Å²) in [6.07, 6.45) is 94.5. The summed E-state index contributed by atoms with van der Waals surface area (Å²) < 4.78 is 16.7. The Hall–Kier alpha value is -5.75. The lowest BCUT2D eigenvalue weighted by Gasteiger charge is -2.18. The molecular formula is C70H104O6. The van der Waals surface area contributed by atoms with E-state index in [2.05, 4.69) is 203 Å². The van der Waals surface area contributed by atoms with Crippen molar-refractivity contribution in [3.63, 3.8) is 0 Å². The summed E-state index contributed by atoms with van der Waals surface area (Å²) in [5.41, 5.74) is 0. The van der Waals surface area contributed by atoms with Crippen LogP contribution in [0.1, 0.15) is 207 Å². The molecule has 0 spiro atoms. The molecule has 1 atom stereocenters. The summed E-state index contributed by atoms with van der Waals surface area (Å²) in [5.74, 6) is -1.12. The molecule has 0 radical (unpaired) electrons. The second-order valence-electron chi connectivity index (χ2n) is 18.4. The van der Waals surface area contributed by atoms with E-state index >= 15 is 0 Å². The van der Waals surface area contributed by atoms with Crippen molar-refractivity contribution in [3.05, 3.63) is 194 Å². The first-order valence-electron chi connectivity index (χ1n) is 29.4. The minimum Gasteiger partial charge on any atom is -0.462 e. The predicted octanol–water partition coefficient (Wildman–Crippen LogP) is 20.3. The van der Waals surface area contributed by atoms with Crippen molar-refractivity contribution in [1.82, 2.24) is 0 Å². The van der Waals surface area contributed by atoms with E-state index in [4.69, 9.17) is 14.2 Å². The zero-order valence-corrected chi connectivity index (χ0v) is 47.9. The molecule has 0 aliphatic heterocycles. The first kappa shape index (κ1) is 70.2. The van der Waals surface area contributed by atoms with Crippen molar-refractivity contribution in [3.8, 4) is 0 Å². The van der Waals surface area contributed by atoms with Crippen LogP contribution in [0.3, 0.4) is 0 Å². The number of carbonyl (C=O) groups excluding carboxylic acids is 3. The Morgan fingerprint density at radius 3 is 0.921 bits per heavy atom. The summed E-state index contributed by atoms with van der Waals surface area (Å²) in [5, 5.41) is 0. The fraction of sp³-hybridized carbons (Fsp3) is 0.500.